The third kappa shape index (κ3) is 4.25. The zero-order chi connectivity index (χ0) is 11.7. The van der Waals surface area contributed by atoms with Crippen molar-refractivity contribution in [3.8, 4) is 0 Å². The van der Waals surface area contributed by atoms with E-state index in [-0.39, 0.29) is 12.4 Å². The Morgan fingerprint density at radius 2 is 1.12 bits per heavy atom. The van der Waals surface area contributed by atoms with E-state index in [2.05, 4.69) is 71.9 Å². The summed E-state index contributed by atoms with van der Waals surface area (Å²) in [5, 5.41) is 0. The molecule has 0 saturated carbocycles. The average molecular weight is 355 g/mol. The van der Waals surface area contributed by atoms with E-state index >= 15 is 0 Å². The van der Waals surface area contributed by atoms with Crippen LogP contribution in [0.1, 0.15) is 41.5 Å². The van der Waals surface area contributed by atoms with E-state index in [1.165, 1.54) is 0 Å². The Kier molecular flexibility index (Phi) is 5.81. The molecule has 0 aliphatic heterocycles. The maximum atomic E-state index is 2.40. The van der Waals surface area contributed by atoms with Crippen molar-refractivity contribution in [2.75, 3.05) is 0 Å². The quantitative estimate of drug-likeness (QED) is 0.469. The van der Waals surface area contributed by atoms with Crippen LogP contribution in [0.4, 0.5) is 0 Å². The normalized spacial score (nSPS) is 13.0. The fourth-order valence-corrected chi connectivity index (χ4v) is 11.8. The zero-order valence-electron chi connectivity index (χ0n) is 11.2. The van der Waals surface area contributed by atoms with Gasteiger partial charge < -0.3 is 0 Å². The van der Waals surface area contributed by atoms with Crippen LogP contribution in [0.2, 0.25) is 0 Å². The van der Waals surface area contributed by atoms with Gasteiger partial charge in [0.15, 0.2) is 0 Å². The summed E-state index contributed by atoms with van der Waals surface area (Å²) in [5.41, 5.74) is 0. The van der Waals surface area contributed by atoms with E-state index in [0.29, 0.717) is 6.84 Å². The minimum atomic E-state index is -1.17. The summed E-state index contributed by atoms with van der Waals surface area (Å²) in [6.07, 6.45) is 0. The van der Waals surface area contributed by atoms with E-state index in [1.807, 2.05) is 0 Å². The van der Waals surface area contributed by atoms with E-state index in [9.17, 15) is 0 Å². The first-order valence-electron chi connectivity index (χ1n) is 5.48. The summed E-state index contributed by atoms with van der Waals surface area (Å²) in [4.78, 5) is 0. The Bertz CT molecular complexity index is 292. The van der Waals surface area contributed by atoms with Gasteiger partial charge in [0.05, 0.1) is 0 Å². The molecule has 0 bridgehead atoms. The van der Waals surface area contributed by atoms with Crippen molar-refractivity contribution < 1.29 is 0 Å². The third-order valence-electron chi connectivity index (χ3n) is 2.09. The SMILES string of the molecule is CC(C)(C)I(c1ccccc1)C(C)(C)C.Cl. The van der Waals surface area contributed by atoms with Gasteiger partial charge in [0.1, 0.15) is 0 Å². The molecule has 2 heteroatoms. The van der Waals surface area contributed by atoms with E-state index in [1.54, 1.807) is 3.57 Å². The van der Waals surface area contributed by atoms with Gasteiger partial charge in [-0.05, 0) is 0 Å². The molecule has 0 amide bonds. The van der Waals surface area contributed by atoms with E-state index in [0.717, 1.165) is 0 Å². The molecule has 0 aliphatic carbocycles. The number of hydrogen-bond donors (Lipinski definition) is 0. The third-order valence-corrected chi connectivity index (χ3v) is 10.5. The summed E-state index contributed by atoms with van der Waals surface area (Å²) in [6, 6.07) is 11.1. The van der Waals surface area contributed by atoms with Gasteiger partial charge in [0, 0.05) is 0 Å². The molecule has 94 valence electrons. The number of halogens is 2. The van der Waals surface area contributed by atoms with Crippen LogP contribution >= 0.6 is 32.2 Å². The van der Waals surface area contributed by atoms with Gasteiger partial charge in [0.25, 0.3) is 0 Å². The van der Waals surface area contributed by atoms with Crippen molar-refractivity contribution >= 4 is 32.2 Å². The fraction of sp³-hybridized carbons (Fsp3) is 0.571. The molecule has 0 atom stereocenters. The van der Waals surface area contributed by atoms with Crippen molar-refractivity contribution in [2.24, 2.45) is 0 Å². The van der Waals surface area contributed by atoms with Crippen LogP contribution < -0.4 is 0 Å². The largest absolute Gasteiger partial charge is 0.147 e. The Hall–Kier alpha value is 0.240. The summed E-state index contributed by atoms with van der Waals surface area (Å²) in [6.45, 7) is 14.4. The van der Waals surface area contributed by atoms with Crippen molar-refractivity contribution in [3.63, 3.8) is 0 Å². The molecular weight excluding hydrogens is 331 g/mol. The van der Waals surface area contributed by atoms with Gasteiger partial charge in [0.2, 0.25) is 0 Å². The number of benzene rings is 1. The van der Waals surface area contributed by atoms with Crippen LogP contribution in [0.3, 0.4) is 0 Å². The van der Waals surface area contributed by atoms with Crippen LogP contribution in [0.5, 0.6) is 0 Å². The second-order valence-electron chi connectivity index (χ2n) is 5.71. The van der Waals surface area contributed by atoms with Crippen LogP contribution in [-0.4, -0.2) is 6.84 Å². The summed E-state index contributed by atoms with van der Waals surface area (Å²) in [5.74, 6) is 0. The molecule has 0 unspecified atom stereocenters. The predicted octanol–water partition coefficient (Wildman–Crippen LogP) is 5.38. The van der Waals surface area contributed by atoms with Crippen LogP contribution in [0.15, 0.2) is 30.3 Å². The molecule has 1 aromatic rings. The van der Waals surface area contributed by atoms with Crippen LogP contribution in [0, 0.1) is 3.57 Å². The molecule has 0 aliphatic rings. The molecule has 0 radical (unpaired) electrons. The molecule has 0 aromatic heterocycles. The van der Waals surface area contributed by atoms with Gasteiger partial charge in [-0.2, -0.15) is 0 Å². The monoisotopic (exact) mass is 354 g/mol. The Morgan fingerprint density at radius 3 is 1.44 bits per heavy atom. The molecule has 0 heterocycles. The molecule has 0 spiro atoms. The fourth-order valence-electron chi connectivity index (χ4n) is 2.05. The summed E-state index contributed by atoms with van der Waals surface area (Å²) < 4.78 is 2.54. The molecule has 0 N–H and O–H groups in total. The van der Waals surface area contributed by atoms with Crippen molar-refractivity contribution in [1.82, 2.24) is 0 Å². The molecular formula is C14H24ClI. The van der Waals surface area contributed by atoms with E-state index < -0.39 is 19.8 Å². The molecule has 1 rings (SSSR count). The summed E-state index contributed by atoms with van der Waals surface area (Å²) in [7, 11) is 0. The standard InChI is InChI=1S/C14H23I.ClH/c1-13(2,3)15(14(4,5)6)12-10-8-7-9-11-12;/h7-11H,1-6H3;1H. The number of hydrogen-bond acceptors (Lipinski definition) is 0. The van der Waals surface area contributed by atoms with Gasteiger partial charge in [-0.15, -0.1) is 12.4 Å². The number of rotatable bonds is 1. The Balaban J connectivity index is 0.00000225. The number of alkyl halides is 2. The van der Waals surface area contributed by atoms with Crippen LogP contribution in [0.25, 0.3) is 0 Å². The van der Waals surface area contributed by atoms with Gasteiger partial charge >= 0.3 is 102 Å². The Morgan fingerprint density at radius 1 is 0.750 bits per heavy atom. The maximum absolute atomic E-state index is 2.40. The minimum Gasteiger partial charge on any atom is -0.147 e. The van der Waals surface area contributed by atoms with Crippen molar-refractivity contribution in [3.05, 3.63) is 33.9 Å². The van der Waals surface area contributed by atoms with Crippen molar-refractivity contribution in [2.45, 2.75) is 48.4 Å². The molecule has 0 saturated heterocycles. The zero-order valence-corrected chi connectivity index (χ0v) is 14.1. The second kappa shape index (κ2) is 5.72. The van der Waals surface area contributed by atoms with Gasteiger partial charge in [-0.3, -0.25) is 0 Å². The first-order valence-corrected chi connectivity index (χ1v) is 8.71. The Labute approximate surface area is 114 Å². The van der Waals surface area contributed by atoms with Gasteiger partial charge in [-0.1, -0.05) is 0 Å². The topological polar surface area (TPSA) is 0 Å². The van der Waals surface area contributed by atoms with Crippen molar-refractivity contribution in [1.29, 1.82) is 0 Å². The minimum absolute atomic E-state index is 0. The molecule has 16 heavy (non-hydrogen) atoms. The smallest absolute Gasteiger partial charge is 0.147 e. The van der Waals surface area contributed by atoms with E-state index in [4.69, 9.17) is 0 Å². The predicted molar refractivity (Wildman–Crippen MR) is 85.9 cm³/mol. The molecule has 1 aromatic carbocycles. The first-order chi connectivity index (χ1) is 6.73. The van der Waals surface area contributed by atoms with Gasteiger partial charge in [-0.25, -0.2) is 0 Å². The summed E-state index contributed by atoms with van der Waals surface area (Å²) >= 11 is -1.17. The molecule has 0 nitrogen and oxygen atoms in total. The maximum Gasteiger partial charge on any atom is -0.147 e. The van der Waals surface area contributed by atoms with Crippen LogP contribution in [-0.2, 0) is 0 Å². The first kappa shape index (κ1) is 16.2. The average Bonchev–Trinajstić information content (AvgIpc) is 2.00. The molecule has 0 fully saturated rings. The second-order valence-corrected chi connectivity index (χ2v) is 15.0.